The first-order chi connectivity index (χ1) is 18.2. The van der Waals surface area contributed by atoms with Gasteiger partial charge >= 0.3 is 0 Å². The van der Waals surface area contributed by atoms with Gasteiger partial charge in [0.1, 0.15) is 11.3 Å². The Balaban J connectivity index is 1.36. The van der Waals surface area contributed by atoms with Crippen molar-refractivity contribution in [1.82, 2.24) is 30.5 Å². The van der Waals surface area contributed by atoms with Crippen LogP contribution in [0.15, 0.2) is 78.5 Å². The standard InChI is InChI=1S/C30H30N6S/c1-3-19(14-20-7-10-31-11-8-20)15-21(4-2)25-17-24-27(18-33-25)35-36-29(24)26-16-23-22(28-6-5-13-37-28)9-12-32-30(23)34-26/h3-6,9,12-13,15-18,20,31H,1,7-8,10-11,14H2,2H3,(H,32,34)(H,35,36)/b19-15+,21-4+. The fourth-order valence-corrected chi connectivity index (χ4v) is 5.97. The summed E-state index contributed by atoms with van der Waals surface area (Å²) < 4.78 is 0. The number of thiophene rings is 1. The van der Waals surface area contributed by atoms with Gasteiger partial charge in [-0.15, -0.1) is 11.3 Å². The van der Waals surface area contributed by atoms with Gasteiger partial charge in [-0.05, 0) is 92.1 Å². The molecule has 0 atom stereocenters. The van der Waals surface area contributed by atoms with Crippen molar-refractivity contribution in [3.63, 3.8) is 0 Å². The molecule has 0 amide bonds. The highest BCUT2D eigenvalue weighted by Crippen LogP contribution is 2.35. The maximum atomic E-state index is 4.76. The van der Waals surface area contributed by atoms with Gasteiger partial charge in [0, 0.05) is 27.4 Å². The van der Waals surface area contributed by atoms with Crippen LogP contribution in [0.25, 0.3) is 49.3 Å². The molecule has 6 rings (SSSR count). The van der Waals surface area contributed by atoms with E-state index in [1.165, 1.54) is 28.9 Å². The second-order valence-electron chi connectivity index (χ2n) is 9.53. The van der Waals surface area contributed by atoms with Crippen molar-refractivity contribution < 1.29 is 0 Å². The largest absolute Gasteiger partial charge is 0.338 e. The lowest BCUT2D eigenvalue weighted by atomic mass is 9.90. The number of aromatic amines is 2. The number of hydrogen-bond donors (Lipinski definition) is 3. The lowest BCUT2D eigenvalue weighted by Gasteiger charge is -2.23. The van der Waals surface area contributed by atoms with Gasteiger partial charge in [0.2, 0.25) is 0 Å². The first kappa shape index (κ1) is 23.6. The summed E-state index contributed by atoms with van der Waals surface area (Å²) in [6.07, 6.45) is 13.6. The average molecular weight is 507 g/mol. The van der Waals surface area contributed by atoms with Crippen LogP contribution in [-0.4, -0.2) is 38.2 Å². The number of allylic oxidation sites excluding steroid dienone is 5. The fraction of sp³-hybridized carbons (Fsp3) is 0.233. The van der Waals surface area contributed by atoms with Crippen molar-refractivity contribution >= 4 is 38.8 Å². The highest BCUT2D eigenvalue weighted by Gasteiger charge is 2.17. The molecule has 5 aromatic heterocycles. The predicted octanol–water partition coefficient (Wildman–Crippen LogP) is 7.14. The molecule has 1 saturated heterocycles. The van der Waals surface area contributed by atoms with E-state index in [-0.39, 0.29) is 0 Å². The summed E-state index contributed by atoms with van der Waals surface area (Å²) in [5, 5.41) is 15.5. The van der Waals surface area contributed by atoms with E-state index in [2.05, 4.69) is 86.8 Å². The molecule has 7 heteroatoms. The Bertz CT molecular complexity index is 1610. The molecule has 0 aromatic carbocycles. The van der Waals surface area contributed by atoms with Gasteiger partial charge < -0.3 is 10.3 Å². The quantitative estimate of drug-likeness (QED) is 0.205. The van der Waals surface area contributed by atoms with Gasteiger partial charge in [-0.3, -0.25) is 10.1 Å². The zero-order chi connectivity index (χ0) is 25.2. The summed E-state index contributed by atoms with van der Waals surface area (Å²) in [5.41, 5.74) is 8.02. The molecule has 1 fully saturated rings. The molecule has 1 aliphatic heterocycles. The molecule has 6 heterocycles. The van der Waals surface area contributed by atoms with E-state index in [9.17, 15) is 0 Å². The Hall–Kier alpha value is -3.81. The third kappa shape index (κ3) is 4.68. The second kappa shape index (κ2) is 10.3. The van der Waals surface area contributed by atoms with Gasteiger partial charge in [0.25, 0.3) is 0 Å². The predicted molar refractivity (Wildman–Crippen MR) is 154 cm³/mol. The molecule has 0 unspecified atom stereocenters. The van der Waals surface area contributed by atoms with Crippen LogP contribution in [0.4, 0.5) is 0 Å². The maximum Gasteiger partial charge on any atom is 0.138 e. The van der Waals surface area contributed by atoms with Crippen LogP contribution in [0.1, 0.15) is 31.9 Å². The number of fused-ring (bicyclic) bond motifs is 2. The monoisotopic (exact) mass is 506 g/mol. The minimum atomic E-state index is 0.703. The Labute approximate surface area is 220 Å². The summed E-state index contributed by atoms with van der Waals surface area (Å²) >= 11 is 1.73. The van der Waals surface area contributed by atoms with Crippen LogP contribution >= 0.6 is 11.3 Å². The van der Waals surface area contributed by atoms with Crippen LogP contribution in [0.2, 0.25) is 0 Å². The van der Waals surface area contributed by atoms with Crippen molar-refractivity contribution in [3.8, 4) is 21.8 Å². The van der Waals surface area contributed by atoms with Crippen molar-refractivity contribution in [3.05, 3.63) is 84.2 Å². The van der Waals surface area contributed by atoms with Crippen LogP contribution in [0.5, 0.6) is 0 Å². The van der Waals surface area contributed by atoms with Gasteiger partial charge in [-0.1, -0.05) is 24.8 Å². The van der Waals surface area contributed by atoms with Crippen molar-refractivity contribution in [2.45, 2.75) is 26.2 Å². The molecule has 1 aliphatic rings. The molecule has 5 aromatic rings. The Morgan fingerprint density at radius 3 is 2.84 bits per heavy atom. The maximum absolute atomic E-state index is 4.76. The number of piperidine rings is 1. The number of H-pyrrole nitrogens is 2. The van der Waals surface area contributed by atoms with Gasteiger partial charge in [0.15, 0.2) is 0 Å². The molecular weight excluding hydrogens is 476 g/mol. The lowest BCUT2D eigenvalue weighted by molar-refractivity contribution is 0.374. The zero-order valence-electron chi connectivity index (χ0n) is 20.9. The van der Waals surface area contributed by atoms with E-state index in [4.69, 9.17) is 4.98 Å². The highest BCUT2D eigenvalue weighted by molar-refractivity contribution is 7.13. The molecule has 0 saturated carbocycles. The average Bonchev–Trinajstić information content (AvgIpc) is 3.70. The molecule has 6 nitrogen and oxygen atoms in total. The number of pyridine rings is 2. The first-order valence-corrected chi connectivity index (χ1v) is 13.7. The lowest BCUT2D eigenvalue weighted by Crippen LogP contribution is -2.27. The number of hydrogen-bond acceptors (Lipinski definition) is 5. The second-order valence-corrected chi connectivity index (χ2v) is 10.5. The highest BCUT2D eigenvalue weighted by atomic mass is 32.1. The first-order valence-electron chi connectivity index (χ1n) is 12.8. The normalized spacial score (nSPS) is 15.6. The molecule has 0 aliphatic carbocycles. The number of aromatic nitrogens is 5. The van der Waals surface area contributed by atoms with Crippen LogP contribution < -0.4 is 5.32 Å². The van der Waals surface area contributed by atoms with E-state index in [0.29, 0.717) is 5.92 Å². The minimum absolute atomic E-state index is 0.703. The van der Waals surface area contributed by atoms with Gasteiger partial charge in [0.05, 0.1) is 23.1 Å². The van der Waals surface area contributed by atoms with Crippen molar-refractivity contribution in [2.24, 2.45) is 5.92 Å². The Morgan fingerprint density at radius 2 is 2.05 bits per heavy atom. The summed E-state index contributed by atoms with van der Waals surface area (Å²) in [4.78, 5) is 14.1. The van der Waals surface area contributed by atoms with Crippen molar-refractivity contribution in [1.29, 1.82) is 0 Å². The van der Waals surface area contributed by atoms with E-state index in [1.807, 2.05) is 18.5 Å². The van der Waals surface area contributed by atoms with Crippen LogP contribution in [-0.2, 0) is 0 Å². The molecule has 3 N–H and O–H groups in total. The van der Waals surface area contributed by atoms with Crippen LogP contribution in [0, 0.1) is 5.92 Å². The van der Waals surface area contributed by atoms with Crippen molar-refractivity contribution in [2.75, 3.05) is 13.1 Å². The summed E-state index contributed by atoms with van der Waals surface area (Å²) in [5.74, 6) is 0.703. The van der Waals surface area contributed by atoms with E-state index >= 15 is 0 Å². The number of nitrogens with zero attached hydrogens (tertiary/aromatic N) is 3. The summed E-state index contributed by atoms with van der Waals surface area (Å²) in [6, 6.07) is 10.6. The molecule has 0 radical (unpaired) electrons. The number of rotatable bonds is 7. The Morgan fingerprint density at radius 1 is 1.16 bits per heavy atom. The van der Waals surface area contributed by atoms with Crippen LogP contribution in [0.3, 0.4) is 0 Å². The molecule has 0 spiro atoms. The fourth-order valence-electron chi connectivity index (χ4n) is 5.21. The SMILES string of the molecule is C=C/C(=C\C(=C/C)c1cc2c(-c3cc4c(-c5cccs5)ccnc4[nH]3)n[nH]c2cn1)CC1CCNCC1. The number of nitrogens with one attached hydrogen (secondary N) is 3. The van der Waals surface area contributed by atoms with Gasteiger partial charge in [-0.25, -0.2) is 4.98 Å². The summed E-state index contributed by atoms with van der Waals surface area (Å²) in [6.45, 7) is 8.36. The minimum Gasteiger partial charge on any atom is -0.338 e. The van der Waals surface area contributed by atoms with E-state index < -0.39 is 0 Å². The molecule has 37 heavy (non-hydrogen) atoms. The third-order valence-corrected chi connectivity index (χ3v) is 8.12. The van der Waals surface area contributed by atoms with E-state index in [0.717, 1.165) is 64.1 Å². The molecular formula is C30H30N6S. The Kier molecular flexibility index (Phi) is 6.55. The molecule has 0 bridgehead atoms. The van der Waals surface area contributed by atoms with Gasteiger partial charge in [-0.2, -0.15) is 5.10 Å². The molecule has 186 valence electrons. The van der Waals surface area contributed by atoms with E-state index in [1.54, 1.807) is 11.3 Å². The topological polar surface area (TPSA) is 82.3 Å². The summed E-state index contributed by atoms with van der Waals surface area (Å²) in [7, 11) is 0. The zero-order valence-corrected chi connectivity index (χ0v) is 21.7. The third-order valence-electron chi connectivity index (χ3n) is 7.21. The smallest absolute Gasteiger partial charge is 0.138 e.